The van der Waals surface area contributed by atoms with Crippen LogP contribution in [0.1, 0.15) is 26.7 Å². The summed E-state index contributed by atoms with van der Waals surface area (Å²) in [4.78, 5) is 20.0. The zero-order valence-corrected chi connectivity index (χ0v) is 10.7. The fourth-order valence-electron chi connectivity index (χ4n) is 1.34. The molecule has 0 aromatic carbocycles. The zero-order valence-electron chi connectivity index (χ0n) is 10.7. The Balaban J connectivity index is 2.15. The van der Waals surface area contributed by atoms with Crippen LogP contribution in [0.5, 0.6) is 0 Å². The van der Waals surface area contributed by atoms with E-state index in [2.05, 4.69) is 15.1 Å². The van der Waals surface area contributed by atoms with Gasteiger partial charge in [0.1, 0.15) is 5.78 Å². The van der Waals surface area contributed by atoms with Crippen LogP contribution in [0.15, 0.2) is 29.0 Å². The summed E-state index contributed by atoms with van der Waals surface area (Å²) in [7, 11) is 0. The molecule has 5 heteroatoms. The number of carbonyl (C=O) groups is 1. The number of Topliss-reactive ketones (excluding diaryl/α,β-unsaturated/α-hetero) is 1. The van der Waals surface area contributed by atoms with Crippen molar-refractivity contribution in [2.75, 3.05) is 0 Å². The molecule has 0 bridgehead atoms. The molecule has 2 aromatic rings. The van der Waals surface area contributed by atoms with Crippen molar-refractivity contribution in [1.29, 1.82) is 0 Å². The molecule has 0 N–H and O–H groups in total. The summed E-state index contributed by atoms with van der Waals surface area (Å²) in [6.45, 7) is 5.61. The number of aromatic nitrogens is 3. The molecule has 0 unspecified atom stereocenters. The SMILES string of the molecule is CC(C)(C)C(=O)Cc1nc(-c2cccnc2)no1. The van der Waals surface area contributed by atoms with Crippen LogP contribution in [0, 0.1) is 5.41 Å². The second kappa shape index (κ2) is 4.68. The molecule has 0 saturated heterocycles. The smallest absolute Gasteiger partial charge is 0.234 e. The van der Waals surface area contributed by atoms with E-state index >= 15 is 0 Å². The van der Waals surface area contributed by atoms with Crippen LogP contribution < -0.4 is 0 Å². The summed E-state index contributed by atoms with van der Waals surface area (Å²) in [5.41, 5.74) is 0.374. The average molecular weight is 245 g/mol. The van der Waals surface area contributed by atoms with Crippen molar-refractivity contribution in [3.8, 4) is 11.4 Å². The molecular weight excluding hydrogens is 230 g/mol. The monoisotopic (exact) mass is 245 g/mol. The lowest BCUT2D eigenvalue weighted by Gasteiger charge is -2.14. The number of rotatable bonds is 3. The first kappa shape index (κ1) is 12.4. The molecule has 0 atom stereocenters. The summed E-state index contributed by atoms with van der Waals surface area (Å²) in [6.07, 6.45) is 3.49. The number of carbonyl (C=O) groups excluding carboxylic acids is 1. The topological polar surface area (TPSA) is 68.9 Å². The van der Waals surface area contributed by atoms with Crippen molar-refractivity contribution in [3.05, 3.63) is 30.4 Å². The minimum Gasteiger partial charge on any atom is -0.338 e. The zero-order chi connectivity index (χ0) is 13.2. The lowest BCUT2D eigenvalue weighted by atomic mass is 9.89. The maximum Gasteiger partial charge on any atom is 0.234 e. The van der Waals surface area contributed by atoms with E-state index in [4.69, 9.17) is 4.52 Å². The summed E-state index contributed by atoms with van der Waals surface area (Å²) in [6, 6.07) is 3.64. The predicted molar refractivity (Wildman–Crippen MR) is 65.7 cm³/mol. The van der Waals surface area contributed by atoms with Gasteiger partial charge in [-0.3, -0.25) is 9.78 Å². The molecule has 2 heterocycles. The van der Waals surface area contributed by atoms with Crippen molar-refractivity contribution in [3.63, 3.8) is 0 Å². The highest BCUT2D eigenvalue weighted by molar-refractivity contribution is 5.85. The van der Waals surface area contributed by atoms with Crippen molar-refractivity contribution >= 4 is 5.78 Å². The second-order valence-corrected chi connectivity index (χ2v) is 5.10. The van der Waals surface area contributed by atoms with Crippen LogP contribution in [-0.2, 0) is 11.2 Å². The van der Waals surface area contributed by atoms with Gasteiger partial charge in [-0.25, -0.2) is 0 Å². The third-order valence-electron chi connectivity index (χ3n) is 2.54. The number of ketones is 1. The summed E-state index contributed by atoms with van der Waals surface area (Å²) >= 11 is 0. The van der Waals surface area contributed by atoms with Gasteiger partial charge in [-0.15, -0.1) is 0 Å². The van der Waals surface area contributed by atoms with Crippen LogP contribution in [-0.4, -0.2) is 20.9 Å². The van der Waals surface area contributed by atoms with E-state index in [9.17, 15) is 4.79 Å². The molecule has 94 valence electrons. The maximum atomic E-state index is 11.8. The summed E-state index contributed by atoms with van der Waals surface area (Å²) < 4.78 is 5.08. The summed E-state index contributed by atoms with van der Waals surface area (Å²) in [5, 5.41) is 3.84. The molecule has 5 nitrogen and oxygen atoms in total. The van der Waals surface area contributed by atoms with Crippen molar-refractivity contribution in [2.24, 2.45) is 5.41 Å². The van der Waals surface area contributed by atoms with Crippen molar-refractivity contribution in [2.45, 2.75) is 27.2 Å². The van der Waals surface area contributed by atoms with Crippen LogP contribution >= 0.6 is 0 Å². The largest absolute Gasteiger partial charge is 0.338 e. The molecule has 0 aliphatic carbocycles. The van der Waals surface area contributed by atoms with Gasteiger partial charge in [-0.1, -0.05) is 25.9 Å². The Labute approximate surface area is 105 Å². The molecule has 0 aliphatic heterocycles. The van der Waals surface area contributed by atoms with Gasteiger partial charge in [0.25, 0.3) is 0 Å². The highest BCUT2D eigenvalue weighted by Gasteiger charge is 2.23. The van der Waals surface area contributed by atoms with Crippen LogP contribution in [0.3, 0.4) is 0 Å². The van der Waals surface area contributed by atoms with E-state index in [1.165, 1.54) is 0 Å². The number of hydrogen-bond acceptors (Lipinski definition) is 5. The predicted octanol–water partition coefficient (Wildman–Crippen LogP) is 2.29. The fraction of sp³-hybridized carbons (Fsp3) is 0.385. The molecule has 0 spiro atoms. The third-order valence-corrected chi connectivity index (χ3v) is 2.54. The quantitative estimate of drug-likeness (QED) is 0.829. The van der Waals surface area contributed by atoms with Gasteiger partial charge in [0, 0.05) is 23.4 Å². The minimum absolute atomic E-state index is 0.0730. The van der Waals surface area contributed by atoms with E-state index in [1.807, 2.05) is 26.8 Å². The van der Waals surface area contributed by atoms with Crippen molar-refractivity contribution < 1.29 is 9.32 Å². The van der Waals surface area contributed by atoms with Gasteiger partial charge in [-0.05, 0) is 12.1 Å². The van der Waals surface area contributed by atoms with E-state index in [0.29, 0.717) is 11.7 Å². The molecule has 0 saturated carbocycles. The number of hydrogen-bond donors (Lipinski definition) is 0. The van der Waals surface area contributed by atoms with E-state index in [1.54, 1.807) is 18.5 Å². The van der Waals surface area contributed by atoms with Gasteiger partial charge in [-0.2, -0.15) is 4.98 Å². The molecule has 0 radical (unpaired) electrons. The second-order valence-electron chi connectivity index (χ2n) is 5.10. The van der Waals surface area contributed by atoms with Gasteiger partial charge in [0.2, 0.25) is 11.7 Å². The Hall–Kier alpha value is -2.04. The first-order valence-electron chi connectivity index (χ1n) is 5.73. The molecule has 2 aromatic heterocycles. The number of nitrogens with zero attached hydrogens (tertiary/aromatic N) is 3. The van der Waals surface area contributed by atoms with E-state index < -0.39 is 5.41 Å². The van der Waals surface area contributed by atoms with Crippen LogP contribution in [0.2, 0.25) is 0 Å². The third kappa shape index (κ3) is 2.80. The molecule has 0 fully saturated rings. The van der Waals surface area contributed by atoms with E-state index in [0.717, 1.165) is 5.56 Å². The lowest BCUT2D eigenvalue weighted by Crippen LogP contribution is -2.22. The first-order chi connectivity index (χ1) is 8.47. The number of pyridine rings is 1. The molecule has 18 heavy (non-hydrogen) atoms. The Bertz CT molecular complexity index is 541. The highest BCUT2D eigenvalue weighted by atomic mass is 16.5. The van der Waals surface area contributed by atoms with Crippen LogP contribution in [0.4, 0.5) is 0 Å². The molecule has 2 rings (SSSR count). The Kier molecular flexibility index (Phi) is 3.23. The fourth-order valence-corrected chi connectivity index (χ4v) is 1.34. The lowest BCUT2D eigenvalue weighted by molar-refractivity contribution is -0.125. The Morgan fingerprint density at radius 2 is 2.17 bits per heavy atom. The molecular formula is C13H15N3O2. The molecule has 0 amide bonds. The Morgan fingerprint density at radius 3 is 2.78 bits per heavy atom. The van der Waals surface area contributed by atoms with Gasteiger partial charge >= 0.3 is 0 Å². The highest BCUT2D eigenvalue weighted by Crippen LogP contribution is 2.19. The van der Waals surface area contributed by atoms with Gasteiger partial charge in [0.05, 0.1) is 6.42 Å². The van der Waals surface area contributed by atoms with Crippen molar-refractivity contribution in [1.82, 2.24) is 15.1 Å². The summed E-state index contributed by atoms with van der Waals surface area (Å²) in [5.74, 6) is 0.873. The average Bonchev–Trinajstić information content (AvgIpc) is 2.77. The minimum atomic E-state index is -0.400. The van der Waals surface area contributed by atoms with Crippen LogP contribution in [0.25, 0.3) is 11.4 Å². The van der Waals surface area contributed by atoms with Gasteiger partial charge < -0.3 is 4.52 Å². The van der Waals surface area contributed by atoms with E-state index in [-0.39, 0.29) is 12.2 Å². The maximum absolute atomic E-state index is 11.8. The standard InChI is InChI=1S/C13H15N3O2/c1-13(2,3)10(17)7-11-15-12(16-18-11)9-5-4-6-14-8-9/h4-6,8H,7H2,1-3H3. The Morgan fingerprint density at radius 1 is 1.39 bits per heavy atom. The van der Waals surface area contributed by atoms with Gasteiger partial charge in [0.15, 0.2) is 0 Å². The molecule has 0 aliphatic rings. The normalized spacial score (nSPS) is 11.5. The first-order valence-corrected chi connectivity index (χ1v) is 5.73.